The third kappa shape index (κ3) is 3.68. The number of anilines is 1. The van der Waals surface area contributed by atoms with Gasteiger partial charge in [0.2, 0.25) is 0 Å². The fourth-order valence-electron chi connectivity index (χ4n) is 4.97. The Morgan fingerprint density at radius 2 is 2.00 bits per heavy atom. The molecular formula is C25H24F2N6O2. The summed E-state index contributed by atoms with van der Waals surface area (Å²) in [5.74, 6) is -0.122. The van der Waals surface area contributed by atoms with Gasteiger partial charge in [0, 0.05) is 56.0 Å². The molecule has 0 aliphatic carbocycles. The first-order chi connectivity index (χ1) is 16.9. The first kappa shape index (κ1) is 21.8. The second kappa shape index (κ2) is 8.23. The molecule has 2 atom stereocenters. The summed E-state index contributed by atoms with van der Waals surface area (Å²) in [4.78, 5) is 25.1. The zero-order valence-corrected chi connectivity index (χ0v) is 19.4. The minimum absolute atomic E-state index is 0.108. The standard InChI is InChI=1S/C25H24F2N6O2/c1-14-5-6-33-24(14)30-23-18(25(33)34)10-21(29-22(23)17-4-3-16(26)9-19(17)27)32-7-8-35-20(13-32)15-11-28-31(2)12-15/h3-4,9-12,14,20H,5-8,13H2,1-2H3/t14?,20-/m1/s1. The fraction of sp³-hybridized carbons (Fsp3) is 0.360. The number of ether oxygens (including phenoxy) is 1. The van der Waals surface area contributed by atoms with Crippen LogP contribution in [0.2, 0.25) is 0 Å². The summed E-state index contributed by atoms with van der Waals surface area (Å²) in [5.41, 5.74) is 1.45. The van der Waals surface area contributed by atoms with Crippen LogP contribution in [0, 0.1) is 11.6 Å². The monoisotopic (exact) mass is 478 g/mol. The molecule has 1 fully saturated rings. The zero-order valence-electron chi connectivity index (χ0n) is 19.4. The molecule has 0 spiro atoms. The molecule has 0 radical (unpaired) electrons. The van der Waals surface area contributed by atoms with E-state index in [2.05, 4.69) is 5.10 Å². The Hall–Kier alpha value is -3.66. The van der Waals surface area contributed by atoms with Gasteiger partial charge < -0.3 is 9.64 Å². The van der Waals surface area contributed by atoms with Gasteiger partial charge in [-0.1, -0.05) is 6.92 Å². The summed E-state index contributed by atoms with van der Waals surface area (Å²) in [6.07, 6.45) is 4.26. The number of halogens is 2. The van der Waals surface area contributed by atoms with Crippen molar-refractivity contribution in [2.45, 2.75) is 31.9 Å². The van der Waals surface area contributed by atoms with E-state index in [1.807, 2.05) is 25.1 Å². The average Bonchev–Trinajstić information content (AvgIpc) is 3.45. The van der Waals surface area contributed by atoms with Gasteiger partial charge in [-0.05, 0) is 24.6 Å². The smallest absolute Gasteiger partial charge is 0.261 e. The van der Waals surface area contributed by atoms with Crippen LogP contribution in [-0.4, -0.2) is 44.0 Å². The van der Waals surface area contributed by atoms with Gasteiger partial charge in [0.25, 0.3) is 5.56 Å². The molecule has 3 aromatic heterocycles. The van der Waals surface area contributed by atoms with Crippen molar-refractivity contribution in [3.05, 3.63) is 70.0 Å². The molecule has 8 nitrogen and oxygen atoms in total. The molecule has 0 saturated carbocycles. The summed E-state index contributed by atoms with van der Waals surface area (Å²) >= 11 is 0. The maximum absolute atomic E-state index is 14.9. The third-order valence-electron chi connectivity index (χ3n) is 6.86. The van der Waals surface area contributed by atoms with E-state index in [9.17, 15) is 13.6 Å². The van der Waals surface area contributed by atoms with E-state index in [4.69, 9.17) is 14.7 Å². The van der Waals surface area contributed by atoms with Crippen LogP contribution < -0.4 is 10.5 Å². The van der Waals surface area contributed by atoms with Crippen LogP contribution in [0.4, 0.5) is 14.6 Å². The van der Waals surface area contributed by atoms with Crippen molar-refractivity contribution in [2.24, 2.45) is 7.05 Å². The van der Waals surface area contributed by atoms with E-state index in [0.29, 0.717) is 48.8 Å². The van der Waals surface area contributed by atoms with Gasteiger partial charge in [-0.3, -0.25) is 14.0 Å². The molecule has 5 heterocycles. The predicted octanol–water partition coefficient (Wildman–Crippen LogP) is 3.56. The predicted molar refractivity (Wildman–Crippen MR) is 126 cm³/mol. The van der Waals surface area contributed by atoms with Crippen LogP contribution in [0.3, 0.4) is 0 Å². The highest BCUT2D eigenvalue weighted by molar-refractivity contribution is 5.93. The second-order valence-corrected chi connectivity index (χ2v) is 9.22. The maximum atomic E-state index is 14.9. The number of aryl methyl sites for hydroxylation is 1. The third-order valence-corrected chi connectivity index (χ3v) is 6.86. The Balaban J connectivity index is 1.53. The maximum Gasteiger partial charge on any atom is 0.261 e. The van der Waals surface area contributed by atoms with Crippen molar-refractivity contribution < 1.29 is 13.5 Å². The number of nitrogens with zero attached hydrogens (tertiary/aromatic N) is 6. The number of rotatable bonds is 3. The first-order valence-electron chi connectivity index (χ1n) is 11.6. The van der Waals surface area contributed by atoms with E-state index in [0.717, 1.165) is 18.1 Å². The molecule has 1 aromatic carbocycles. The number of hydrogen-bond donors (Lipinski definition) is 0. The highest BCUT2D eigenvalue weighted by Gasteiger charge is 2.28. The Morgan fingerprint density at radius 3 is 2.77 bits per heavy atom. The molecule has 0 amide bonds. The summed E-state index contributed by atoms with van der Waals surface area (Å²) in [7, 11) is 1.85. The number of pyridine rings is 1. The van der Waals surface area contributed by atoms with Crippen LogP contribution in [0.15, 0.2) is 41.5 Å². The topological polar surface area (TPSA) is 78.1 Å². The Kier molecular flexibility index (Phi) is 5.14. The molecule has 10 heteroatoms. The highest BCUT2D eigenvalue weighted by Crippen LogP contribution is 2.34. The molecule has 35 heavy (non-hydrogen) atoms. The number of hydrogen-bond acceptors (Lipinski definition) is 6. The first-order valence-corrected chi connectivity index (χ1v) is 11.6. The Bertz CT molecular complexity index is 1510. The van der Waals surface area contributed by atoms with Crippen molar-refractivity contribution in [2.75, 3.05) is 24.6 Å². The SMILES string of the molecule is CC1CCn2c1nc1c(-c3ccc(F)cc3F)nc(N3CCO[C@@H](c4cnn(C)c4)C3)cc1c2=O. The summed E-state index contributed by atoms with van der Waals surface area (Å²) in [6, 6.07) is 5.10. The summed E-state index contributed by atoms with van der Waals surface area (Å²) in [5, 5.41) is 4.60. The molecule has 2 aliphatic heterocycles. The number of morpholine rings is 1. The second-order valence-electron chi connectivity index (χ2n) is 9.22. The molecule has 1 saturated heterocycles. The highest BCUT2D eigenvalue weighted by atomic mass is 19.1. The largest absolute Gasteiger partial charge is 0.370 e. The van der Waals surface area contributed by atoms with Crippen molar-refractivity contribution in [3.8, 4) is 11.3 Å². The lowest BCUT2D eigenvalue weighted by atomic mass is 10.1. The van der Waals surface area contributed by atoms with E-state index in [-0.39, 0.29) is 28.8 Å². The van der Waals surface area contributed by atoms with Gasteiger partial charge in [0.1, 0.15) is 40.6 Å². The lowest BCUT2D eigenvalue weighted by Crippen LogP contribution is -2.39. The number of benzene rings is 1. The lowest BCUT2D eigenvalue weighted by molar-refractivity contribution is 0.0395. The normalized spacial score (nSPS) is 19.9. The van der Waals surface area contributed by atoms with E-state index >= 15 is 0 Å². The molecule has 6 rings (SSSR count). The van der Waals surface area contributed by atoms with Gasteiger partial charge in [-0.15, -0.1) is 0 Å². The zero-order chi connectivity index (χ0) is 24.3. The molecular weight excluding hydrogens is 454 g/mol. The molecule has 0 N–H and O–H groups in total. The Morgan fingerprint density at radius 1 is 1.14 bits per heavy atom. The van der Waals surface area contributed by atoms with Crippen LogP contribution in [0.25, 0.3) is 22.2 Å². The van der Waals surface area contributed by atoms with E-state index in [1.54, 1.807) is 21.5 Å². The van der Waals surface area contributed by atoms with Gasteiger partial charge in [-0.2, -0.15) is 5.10 Å². The minimum Gasteiger partial charge on any atom is -0.370 e. The van der Waals surface area contributed by atoms with Gasteiger partial charge in [0.05, 0.1) is 18.2 Å². The van der Waals surface area contributed by atoms with Crippen LogP contribution >= 0.6 is 0 Å². The van der Waals surface area contributed by atoms with Gasteiger partial charge in [0.15, 0.2) is 0 Å². The van der Waals surface area contributed by atoms with Gasteiger partial charge >= 0.3 is 0 Å². The van der Waals surface area contributed by atoms with Crippen LogP contribution in [0.5, 0.6) is 0 Å². The van der Waals surface area contributed by atoms with Crippen molar-refractivity contribution in [3.63, 3.8) is 0 Å². The summed E-state index contributed by atoms with van der Waals surface area (Å²) in [6.45, 7) is 4.11. The van der Waals surface area contributed by atoms with Crippen molar-refractivity contribution in [1.29, 1.82) is 0 Å². The lowest BCUT2D eigenvalue weighted by Gasteiger charge is -2.33. The van der Waals surface area contributed by atoms with Crippen LogP contribution in [0.1, 0.15) is 36.8 Å². The van der Waals surface area contributed by atoms with Gasteiger partial charge in [-0.25, -0.2) is 18.7 Å². The summed E-state index contributed by atoms with van der Waals surface area (Å²) < 4.78 is 38.0. The molecule has 0 bridgehead atoms. The van der Waals surface area contributed by atoms with E-state index in [1.165, 1.54) is 12.1 Å². The fourth-order valence-corrected chi connectivity index (χ4v) is 4.97. The van der Waals surface area contributed by atoms with Crippen molar-refractivity contribution in [1.82, 2.24) is 24.3 Å². The quantitative estimate of drug-likeness (QED) is 0.448. The Labute approximate surface area is 199 Å². The average molecular weight is 479 g/mol. The van der Waals surface area contributed by atoms with Crippen molar-refractivity contribution >= 4 is 16.7 Å². The molecule has 180 valence electrons. The number of aromatic nitrogens is 5. The number of fused-ring (bicyclic) bond motifs is 2. The molecule has 2 aliphatic rings. The minimum atomic E-state index is -0.749. The van der Waals surface area contributed by atoms with E-state index < -0.39 is 11.6 Å². The van der Waals surface area contributed by atoms with Crippen LogP contribution in [-0.2, 0) is 18.3 Å². The molecule has 1 unspecified atom stereocenters. The molecule has 4 aromatic rings.